The highest BCUT2D eigenvalue weighted by molar-refractivity contribution is 5.66. The van der Waals surface area contributed by atoms with Gasteiger partial charge in [-0.1, -0.05) is 0 Å². The molecule has 0 aromatic rings. The Morgan fingerprint density at radius 1 is 0.929 bits per heavy atom. The summed E-state index contributed by atoms with van der Waals surface area (Å²) in [6.45, 7) is 6.16. The van der Waals surface area contributed by atoms with Crippen LogP contribution in [-0.4, -0.2) is 24.1 Å². The first-order valence-corrected chi connectivity index (χ1v) is 4.44. The van der Waals surface area contributed by atoms with Gasteiger partial charge in [0.15, 0.2) is 0 Å². The molecule has 0 N–H and O–H groups in total. The summed E-state index contributed by atoms with van der Waals surface area (Å²) in [6.07, 6.45) is 2.75. The maximum absolute atomic E-state index is 10.5. The zero-order chi connectivity index (χ0) is 11.1. The molecule has 0 unspecified atom stereocenters. The normalized spacial score (nSPS) is 14.9. The van der Waals surface area contributed by atoms with E-state index in [-0.39, 0.29) is 24.1 Å². The van der Waals surface area contributed by atoms with Crippen molar-refractivity contribution in [1.29, 1.82) is 0 Å². The Morgan fingerprint density at radius 3 is 1.43 bits per heavy atom. The van der Waals surface area contributed by atoms with E-state index in [4.69, 9.17) is 9.47 Å². The molecule has 0 fully saturated rings. The highest BCUT2D eigenvalue weighted by Crippen LogP contribution is 1.98. The average Bonchev–Trinajstić information content (AvgIpc) is 1.98. The minimum Gasteiger partial charge on any atom is -0.459 e. The summed E-state index contributed by atoms with van der Waals surface area (Å²) >= 11 is 0. The third-order valence-corrected chi connectivity index (χ3v) is 1.36. The highest BCUT2D eigenvalue weighted by atomic mass is 16.5. The molecule has 0 aromatic carbocycles. The minimum absolute atomic E-state index is 0.300. The molecule has 0 radical (unpaired) electrons. The van der Waals surface area contributed by atoms with Crippen LogP contribution < -0.4 is 0 Å². The van der Waals surface area contributed by atoms with Crippen LogP contribution in [0.5, 0.6) is 0 Å². The molecule has 80 valence electrons. The molecule has 4 nitrogen and oxygen atoms in total. The number of rotatable bonds is 4. The summed E-state index contributed by atoms with van der Waals surface area (Å²) in [5, 5.41) is 0. The van der Waals surface area contributed by atoms with E-state index in [0.29, 0.717) is 0 Å². The van der Waals surface area contributed by atoms with Gasteiger partial charge in [0.2, 0.25) is 0 Å². The van der Waals surface area contributed by atoms with Crippen molar-refractivity contribution >= 4 is 11.9 Å². The van der Waals surface area contributed by atoms with Crippen LogP contribution in [0.2, 0.25) is 0 Å². The summed E-state index contributed by atoms with van der Waals surface area (Å²) in [5.41, 5.74) is 0. The second-order valence-corrected chi connectivity index (χ2v) is 3.01. The van der Waals surface area contributed by atoms with E-state index in [0.717, 1.165) is 0 Å². The average molecular weight is 200 g/mol. The Kier molecular flexibility index (Phi) is 5.60. The van der Waals surface area contributed by atoms with Crippen molar-refractivity contribution in [1.82, 2.24) is 0 Å². The lowest BCUT2D eigenvalue weighted by Gasteiger charge is -2.09. The molecule has 0 amide bonds. The summed E-state index contributed by atoms with van der Waals surface area (Å²) in [7, 11) is 0. The van der Waals surface area contributed by atoms with Gasteiger partial charge in [-0.3, -0.25) is 9.59 Å². The maximum atomic E-state index is 10.5. The largest absolute Gasteiger partial charge is 0.459 e. The first-order chi connectivity index (χ1) is 6.41. The van der Waals surface area contributed by atoms with Gasteiger partial charge in [-0.2, -0.15) is 0 Å². The molecule has 0 rings (SSSR count). The van der Waals surface area contributed by atoms with Gasteiger partial charge in [-0.05, 0) is 26.0 Å². The number of ether oxygens (including phenoxy) is 2. The molecular formula is C10H16O4. The lowest BCUT2D eigenvalue weighted by Crippen LogP contribution is -2.12. The molecule has 0 heterocycles. The van der Waals surface area contributed by atoms with Crippen molar-refractivity contribution in [3.8, 4) is 0 Å². The van der Waals surface area contributed by atoms with E-state index in [9.17, 15) is 9.59 Å². The predicted molar refractivity (Wildman–Crippen MR) is 51.6 cm³/mol. The molecule has 0 aliphatic rings. The van der Waals surface area contributed by atoms with Gasteiger partial charge in [-0.25, -0.2) is 0 Å². The molecule has 0 aromatic heterocycles. The maximum Gasteiger partial charge on any atom is 0.303 e. The Bertz CT molecular complexity index is 208. The Balaban J connectivity index is 3.90. The van der Waals surface area contributed by atoms with Crippen molar-refractivity contribution in [2.24, 2.45) is 0 Å². The molecule has 0 bridgehead atoms. The number of carbonyl (C=O) groups is 2. The van der Waals surface area contributed by atoms with Crippen LogP contribution in [0.1, 0.15) is 27.7 Å². The van der Waals surface area contributed by atoms with Gasteiger partial charge < -0.3 is 9.47 Å². The number of hydrogen-bond donors (Lipinski definition) is 0. The molecule has 4 heteroatoms. The molecule has 0 spiro atoms. The van der Waals surface area contributed by atoms with Crippen molar-refractivity contribution in [2.75, 3.05) is 0 Å². The SMILES string of the molecule is CC(=O)O[C@H](C)/C=C/[C@@H](C)OC(C)=O. The summed E-state index contributed by atoms with van der Waals surface area (Å²) in [6, 6.07) is 0. The van der Waals surface area contributed by atoms with Crippen LogP contribution in [0.15, 0.2) is 12.2 Å². The second kappa shape index (κ2) is 6.18. The van der Waals surface area contributed by atoms with Crippen LogP contribution in [0.25, 0.3) is 0 Å². The van der Waals surface area contributed by atoms with E-state index in [1.807, 2.05) is 0 Å². The summed E-state index contributed by atoms with van der Waals surface area (Å²) < 4.78 is 9.68. The quantitative estimate of drug-likeness (QED) is 0.509. The zero-order valence-corrected chi connectivity index (χ0v) is 8.94. The van der Waals surface area contributed by atoms with E-state index in [1.165, 1.54) is 13.8 Å². The predicted octanol–water partition coefficient (Wildman–Crippen LogP) is 1.45. The van der Waals surface area contributed by atoms with Crippen LogP contribution >= 0.6 is 0 Å². The van der Waals surface area contributed by atoms with Gasteiger partial charge in [-0.15, -0.1) is 0 Å². The molecule has 2 atom stereocenters. The fourth-order valence-electron chi connectivity index (χ4n) is 0.915. The van der Waals surface area contributed by atoms with Gasteiger partial charge in [0.05, 0.1) is 0 Å². The molecule has 0 aliphatic carbocycles. The third kappa shape index (κ3) is 7.34. The molecule has 0 aliphatic heterocycles. The molecular weight excluding hydrogens is 184 g/mol. The van der Waals surface area contributed by atoms with E-state index in [1.54, 1.807) is 26.0 Å². The van der Waals surface area contributed by atoms with E-state index >= 15 is 0 Å². The van der Waals surface area contributed by atoms with Crippen molar-refractivity contribution in [3.63, 3.8) is 0 Å². The summed E-state index contributed by atoms with van der Waals surface area (Å²) in [4.78, 5) is 21.1. The minimum atomic E-state index is -0.331. The molecule has 0 saturated heterocycles. The van der Waals surface area contributed by atoms with Gasteiger partial charge in [0, 0.05) is 13.8 Å². The monoisotopic (exact) mass is 200 g/mol. The van der Waals surface area contributed by atoms with Crippen LogP contribution in [0.4, 0.5) is 0 Å². The standard InChI is InChI=1S/C10H16O4/c1-7(13-9(3)11)5-6-8(2)14-10(4)12/h5-8H,1-4H3/b6-5+/t7-,8-/m1/s1. The van der Waals surface area contributed by atoms with Gasteiger partial charge >= 0.3 is 11.9 Å². The lowest BCUT2D eigenvalue weighted by molar-refractivity contribution is -0.145. The van der Waals surface area contributed by atoms with Crippen molar-refractivity contribution in [2.45, 2.75) is 39.9 Å². The first kappa shape index (κ1) is 12.7. The number of hydrogen-bond acceptors (Lipinski definition) is 4. The van der Waals surface area contributed by atoms with Crippen molar-refractivity contribution in [3.05, 3.63) is 12.2 Å². The summed E-state index contributed by atoms with van der Waals surface area (Å²) in [5.74, 6) is -0.662. The lowest BCUT2D eigenvalue weighted by atomic mass is 10.3. The fourth-order valence-corrected chi connectivity index (χ4v) is 0.915. The van der Waals surface area contributed by atoms with E-state index in [2.05, 4.69) is 0 Å². The Morgan fingerprint density at radius 2 is 1.21 bits per heavy atom. The molecule has 14 heavy (non-hydrogen) atoms. The van der Waals surface area contributed by atoms with Gasteiger partial charge in [0.25, 0.3) is 0 Å². The second-order valence-electron chi connectivity index (χ2n) is 3.01. The highest BCUT2D eigenvalue weighted by Gasteiger charge is 2.03. The topological polar surface area (TPSA) is 52.6 Å². The third-order valence-electron chi connectivity index (χ3n) is 1.36. The van der Waals surface area contributed by atoms with Crippen molar-refractivity contribution < 1.29 is 19.1 Å². The zero-order valence-electron chi connectivity index (χ0n) is 8.94. The number of esters is 2. The number of carbonyl (C=O) groups excluding carboxylic acids is 2. The van der Waals surface area contributed by atoms with Crippen LogP contribution in [-0.2, 0) is 19.1 Å². The van der Waals surface area contributed by atoms with Crippen LogP contribution in [0, 0.1) is 0 Å². The van der Waals surface area contributed by atoms with E-state index < -0.39 is 0 Å². The molecule has 0 saturated carbocycles. The Hall–Kier alpha value is -1.32. The van der Waals surface area contributed by atoms with Gasteiger partial charge in [0.1, 0.15) is 12.2 Å². The first-order valence-electron chi connectivity index (χ1n) is 4.44. The van der Waals surface area contributed by atoms with Crippen LogP contribution in [0.3, 0.4) is 0 Å². The Labute approximate surface area is 83.9 Å². The smallest absolute Gasteiger partial charge is 0.303 e. The fraction of sp³-hybridized carbons (Fsp3) is 0.600.